The van der Waals surface area contributed by atoms with Gasteiger partial charge in [-0.25, -0.2) is 4.79 Å². The van der Waals surface area contributed by atoms with Crippen LogP contribution in [-0.2, 0) is 4.74 Å². The van der Waals surface area contributed by atoms with E-state index in [1.165, 1.54) is 20.0 Å². The summed E-state index contributed by atoms with van der Waals surface area (Å²) in [4.78, 5) is 11.0. The third-order valence-corrected chi connectivity index (χ3v) is 3.57. The van der Waals surface area contributed by atoms with Crippen molar-refractivity contribution in [2.24, 2.45) is 0 Å². The van der Waals surface area contributed by atoms with Crippen LogP contribution in [0.4, 0.5) is 4.79 Å². The van der Waals surface area contributed by atoms with Crippen molar-refractivity contribution in [1.29, 1.82) is 0 Å². The fraction of sp³-hybridized carbons (Fsp3) is 0.562. The normalized spacial score (nSPS) is 15.0. The summed E-state index contributed by atoms with van der Waals surface area (Å²) in [5.74, 6) is 1.36. The topological polar surface area (TPSA) is 68.8 Å². The van der Waals surface area contributed by atoms with Crippen LogP contribution in [0, 0.1) is 0 Å². The van der Waals surface area contributed by atoms with Crippen molar-refractivity contribution in [3.8, 4) is 11.5 Å². The minimum absolute atomic E-state index is 0.272. The molecule has 0 bridgehead atoms. The van der Waals surface area contributed by atoms with Crippen molar-refractivity contribution in [3.05, 3.63) is 23.8 Å². The molecule has 122 valence electrons. The fourth-order valence-electron chi connectivity index (χ4n) is 2.16. The molecule has 0 radical (unpaired) electrons. The number of ether oxygens (including phenoxy) is 3. The Morgan fingerprint density at radius 3 is 2.73 bits per heavy atom. The Labute approximate surface area is 131 Å². The lowest BCUT2D eigenvalue weighted by Crippen LogP contribution is -2.27. The van der Waals surface area contributed by atoms with Crippen molar-refractivity contribution in [2.75, 3.05) is 27.4 Å². The number of carbonyl (C=O) groups is 1. The molecule has 0 saturated heterocycles. The number of rotatable bonds is 8. The quantitative estimate of drug-likeness (QED) is 0.721. The average Bonchev–Trinajstić information content (AvgIpc) is 3.34. The van der Waals surface area contributed by atoms with Crippen LogP contribution >= 0.6 is 0 Å². The SMILES string of the molecule is COC(=O)NCCOc1cc(C(C)NC2CC2)ccc1OC. The number of hydrogen-bond donors (Lipinski definition) is 2. The van der Waals surface area contributed by atoms with Crippen LogP contribution in [0.25, 0.3) is 0 Å². The number of nitrogens with one attached hydrogen (secondary N) is 2. The second-order valence-electron chi connectivity index (χ2n) is 5.34. The smallest absolute Gasteiger partial charge is 0.406 e. The Balaban J connectivity index is 1.93. The molecule has 0 heterocycles. The van der Waals surface area contributed by atoms with E-state index in [0.29, 0.717) is 30.7 Å². The summed E-state index contributed by atoms with van der Waals surface area (Å²) in [5, 5.41) is 6.13. The van der Waals surface area contributed by atoms with Gasteiger partial charge in [-0.1, -0.05) is 6.07 Å². The summed E-state index contributed by atoms with van der Waals surface area (Å²) in [6, 6.07) is 6.85. The minimum atomic E-state index is -0.466. The predicted octanol–water partition coefficient (Wildman–Crippen LogP) is 2.24. The van der Waals surface area contributed by atoms with Crippen molar-refractivity contribution < 1.29 is 19.0 Å². The van der Waals surface area contributed by atoms with Crippen LogP contribution in [0.1, 0.15) is 31.4 Å². The molecule has 1 unspecified atom stereocenters. The highest BCUT2D eigenvalue weighted by Crippen LogP contribution is 2.31. The summed E-state index contributed by atoms with van der Waals surface area (Å²) in [5.41, 5.74) is 1.16. The largest absolute Gasteiger partial charge is 0.493 e. The number of carbonyl (C=O) groups excluding carboxylic acids is 1. The van der Waals surface area contributed by atoms with Gasteiger partial charge >= 0.3 is 6.09 Å². The second kappa shape index (κ2) is 7.89. The van der Waals surface area contributed by atoms with Gasteiger partial charge in [-0.05, 0) is 37.5 Å². The van der Waals surface area contributed by atoms with E-state index in [1.54, 1.807) is 7.11 Å². The molecule has 6 heteroatoms. The molecule has 0 spiro atoms. The lowest BCUT2D eigenvalue weighted by atomic mass is 10.1. The van der Waals surface area contributed by atoms with Crippen molar-refractivity contribution in [2.45, 2.75) is 31.8 Å². The lowest BCUT2D eigenvalue weighted by molar-refractivity contribution is 0.168. The molecule has 0 aliphatic heterocycles. The number of hydrogen-bond acceptors (Lipinski definition) is 5. The van der Waals surface area contributed by atoms with Gasteiger partial charge in [0.1, 0.15) is 6.61 Å². The molecule has 2 N–H and O–H groups in total. The molecular formula is C16H24N2O4. The Morgan fingerprint density at radius 2 is 2.09 bits per heavy atom. The number of benzene rings is 1. The molecule has 1 amide bonds. The molecule has 1 saturated carbocycles. The van der Waals surface area contributed by atoms with Gasteiger partial charge in [-0.2, -0.15) is 0 Å². The highest BCUT2D eigenvalue weighted by atomic mass is 16.5. The van der Waals surface area contributed by atoms with Crippen LogP contribution in [0.2, 0.25) is 0 Å². The summed E-state index contributed by atoms with van der Waals surface area (Å²) in [6.07, 6.45) is 2.04. The maximum atomic E-state index is 11.0. The van der Waals surface area contributed by atoms with Crippen LogP contribution in [0.5, 0.6) is 11.5 Å². The van der Waals surface area contributed by atoms with Gasteiger partial charge in [-0.3, -0.25) is 0 Å². The first-order valence-electron chi connectivity index (χ1n) is 7.52. The van der Waals surface area contributed by atoms with Gasteiger partial charge in [-0.15, -0.1) is 0 Å². The van der Waals surface area contributed by atoms with Crippen LogP contribution in [-0.4, -0.2) is 39.5 Å². The monoisotopic (exact) mass is 308 g/mol. The molecule has 22 heavy (non-hydrogen) atoms. The van der Waals surface area contributed by atoms with E-state index in [1.807, 2.05) is 18.2 Å². The van der Waals surface area contributed by atoms with E-state index in [9.17, 15) is 4.79 Å². The van der Waals surface area contributed by atoms with E-state index in [2.05, 4.69) is 22.3 Å². The first-order valence-corrected chi connectivity index (χ1v) is 7.52. The molecule has 2 rings (SSSR count). The van der Waals surface area contributed by atoms with Gasteiger partial charge < -0.3 is 24.8 Å². The third-order valence-electron chi connectivity index (χ3n) is 3.57. The van der Waals surface area contributed by atoms with Gasteiger partial charge in [0.05, 0.1) is 20.8 Å². The van der Waals surface area contributed by atoms with E-state index in [4.69, 9.17) is 9.47 Å². The molecular weight excluding hydrogens is 284 g/mol. The molecule has 1 aliphatic rings. The number of methoxy groups -OCH3 is 2. The van der Waals surface area contributed by atoms with Crippen LogP contribution in [0.3, 0.4) is 0 Å². The molecule has 1 aliphatic carbocycles. The van der Waals surface area contributed by atoms with E-state index < -0.39 is 6.09 Å². The molecule has 1 atom stereocenters. The maximum absolute atomic E-state index is 11.0. The molecule has 1 aromatic rings. The third kappa shape index (κ3) is 4.80. The Hall–Kier alpha value is -1.95. The second-order valence-corrected chi connectivity index (χ2v) is 5.34. The number of alkyl carbamates (subject to hydrolysis) is 1. The summed E-state index contributed by atoms with van der Waals surface area (Å²) in [6.45, 7) is 2.86. The standard InChI is InChI=1S/C16H24N2O4/c1-11(18-13-5-6-13)12-4-7-14(20-2)15(10-12)22-9-8-17-16(19)21-3/h4,7,10-11,13,18H,5-6,8-9H2,1-3H3,(H,17,19). The van der Waals surface area contributed by atoms with Crippen molar-refractivity contribution >= 4 is 6.09 Å². The van der Waals surface area contributed by atoms with Gasteiger partial charge in [0.25, 0.3) is 0 Å². The van der Waals surface area contributed by atoms with Crippen molar-refractivity contribution in [1.82, 2.24) is 10.6 Å². The van der Waals surface area contributed by atoms with Gasteiger partial charge in [0.2, 0.25) is 0 Å². The zero-order valence-corrected chi connectivity index (χ0v) is 13.3. The maximum Gasteiger partial charge on any atom is 0.406 e. The Bertz CT molecular complexity index is 503. The van der Waals surface area contributed by atoms with Gasteiger partial charge in [0, 0.05) is 12.1 Å². The number of amides is 1. The summed E-state index contributed by atoms with van der Waals surface area (Å²) in [7, 11) is 2.94. The lowest BCUT2D eigenvalue weighted by Gasteiger charge is -2.17. The first-order chi connectivity index (χ1) is 10.6. The molecule has 1 aromatic carbocycles. The van der Waals surface area contributed by atoms with E-state index >= 15 is 0 Å². The molecule has 6 nitrogen and oxygen atoms in total. The molecule has 0 aromatic heterocycles. The van der Waals surface area contributed by atoms with Crippen molar-refractivity contribution in [3.63, 3.8) is 0 Å². The predicted molar refractivity (Wildman–Crippen MR) is 83.5 cm³/mol. The zero-order chi connectivity index (χ0) is 15.9. The van der Waals surface area contributed by atoms with Gasteiger partial charge in [0.15, 0.2) is 11.5 Å². The average molecular weight is 308 g/mol. The van der Waals surface area contributed by atoms with Crippen LogP contribution < -0.4 is 20.1 Å². The van der Waals surface area contributed by atoms with Crippen LogP contribution in [0.15, 0.2) is 18.2 Å². The minimum Gasteiger partial charge on any atom is -0.493 e. The fourth-order valence-corrected chi connectivity index (χ4v) is 2.16. The Kier molecular flexibility index (Phi) is 5.89. The highest BCUT2D eigenvalue weighted by molar-refractivity contribution is 5.66. The first kappa shape index (κ1) is 16.4. The zero-order valence-electron chi connectivity index (χ0n) is 13.3. The van der Waals surface area contributed by atoms with E-state index in [0.717, 1.165) is 5.56 Å². The molecule has 1 fully saturated rings. The summed E-state index contributed by atoms with van der Waals surface area (Å²) >= 11 is 0. The van der Waals surface area contributed by atoms with E-state index in [-0.39, 0.29) is 6.04 Å². The summed E-state index contributed by atoms with van der Waals surface area (Å²) < 4.78 is 15.5. The Morgan fingerprint density at radius 1 is 1.32 bits per heavy atom. The highest BCUT2D eigenvalue weighted by Gasteiger charge is 2.23.